The summed E-state index contributed by atoms with van der Waals surface area (Å²) < 4.78 is 13.1. The normalized spacial score (nSPS) is 15.6. The third kappa shape index (κ3) is 4.94. The number of halogens is 2. The van der Waals surface area contributed by atoms with Gasteiger partial charge in [-0.3, -0.25) is 9.36 Å². The number of allylic oxidation sites excluding steroid dienone is 1. The van der Waals surface area contributed by atoms with Crippen LogP contribution in [0, 0.1) is 0 Å². The first-order valence-electron chi connectivity index (χ1n) is 10.9. The molecule has 35 heavy (non-hydrogen) atoms. The molecule has 0 fully saturated rings. The van der Waals surface area contributed by atoms with Gasteiger partial charge in [-0.25, -0.2) is 9.79 Å². The molecule has 0 bridgehead atoms. The van der Waals surface area contributed by atoms with E-state index in [0.717, 1.165) is 0 Å². The summed E-state index contributed by atoms with van der Waals surface area (Å²) in [6, 6.07) is 9.65. The highest BCUT2D eigenvalue weighted by molar-refractivity contribution is 9.10. The maximum absolute atomic E-state index is 13.6. The van der Waals surface area contributed by atoms with Gasteiger partial charge in [-0.2, -0.15) is 0 Å². The Labute approximate surface area is 218 Å². The second-order valence-electron chi connectivity index (χ2n) is 7.63. The first-order chi connectivity index (χ1) is 16.7. The van der Waals surface area contributed by atoms with Crippen molar-refractivity contribution in [3.63, 3.8) is 0 Å². The van der Waals surface area contributed by atoms with Crippen LogP contribution in [0.1, 0.15) is 37.9 Å². The zero-order valence-electron chi connectivity index (χ0n) is 19.2. The van der Waals surface area contributed by atoms with Crippen molar-refractivity contribution >= 4 is 50.9 Å². The molecule has 0 saturated heterocycles. The van der Waals surface area contributed by atoms with Crippen molar-refractivity contribution in [1.29, 1.82) is 0 Å². The molecule has 2 heterocycles. The van der Waals surface area contributed by atoms with Gasteiger partial charge in [0.25, 0.3) is 5.56 Å². The van der Waals surface area contributed by atoms with E-state index in [4.69, 9.17) is 21.1 Å². The van der Waals surface area contributed by atoms with Crippen LogP contribution < -0.4 is 19.6 Å². The number of nitrogens with zero attached hydrogens (tertiary/aromatic N) is 2. The summed E-state index contributed by atoms with van der Waals surface area (Å²) in [7, 11) is 0. The maximum Gasteiger partial charge on any atom is 0.338 e. The predicted molar refractivity (Wildman–Crippen MR) is 139 cm³/mol. The van der Waals surface area contributed by atoms with Crippen LogP contribution in [0.5, 0.6) is 11.5 Å². The number of thiazole rings is 1. The van der Waals surface area contributed by atoms with E-state index in [9.17, 15) is 14.7 Å². The standard InChI is InChI=1S/C25H22BrClN2O5S/c1-4-33-17-8-6-14(7-9-17)21-20(24(32)34-5-2)13(3)28-25-29(21)23(31)19(35-25)11-15-10-16(27)12-18(26)22(15)30/h6-12,21,30H,4-5H2,1-3H3/b19-11-/t21-/m0/s1. The first-order valence-corrected chi connectivity index (χ1v) is 12.8. The topological polar surface area (TPSA) is 90.1 Å². The van der Waals surface area contributed by atoms with Crippen LogP contribution in [-0.2, 0) is 9.53 Å². The van der Waals surface area contributed by atoms with Crippen LogP contribution in [0.4, 0.5) is 0 Å². The number of rotatable bonds is 6. The first kappa shape index (κ1) is 25.2. The molecule has 0 unspecified atom stereocenters. The van der Waals surface area contributed by atoms with Gasteiger partial charge in [0.1, 0.15) is 11.5 Å². The minimum Gasteiger partial charge on any atom is -0.506 e. The highest BCUT2D eigenvalue weighted by Crippen LogP contribution is 2.33. The van der Waals surface area contributed by atoms with Gasteiger partial charge in [-0.05, 0) is 72.6 Å². The summed E-state index contributed by atoms with van der Waals surface area (Å²) in [6.45, 7) is 6.07. The van der Waals surface area contributed by atoms with Crippen LogP contribution in [0.25, 0.3) is 6.08 Å². The van der Waals surface area contributed by atoms with Crippen LogP contribution in [0.3, 0.4) is 0 Å². The fourth-order valence-corrected chi connectivity index (χ4v) is 5.73. The Morgan fingerprint density at radius 2 is 1.97 bits per heavy atom. The Kier molecular flexibility index (Phi) is 7.49. The number of phenolic OH excluding ortho intramolecular Hbond substituents is 1. The highest BCUT2D eigenvalue weighted by atomic mass is 79.9. The average Bonchev–Trinajstić information content (AvgIpc) is 3.11. The molecule has 1 atom stereocenters. The lowest BCUT2D eigenvalue weighted by atomic mass is 9.96. The number of carbonyl (C=O) groups is 1. The summed E-state index contributed by atoms with van der Waals surface area (Å²) in [6.07, 6.45) is 1.56. The van der Waals surface area contributed by atoms with Crippen molar-refractivity contribution in [2.45, 2.75) is 26.8 Å². The Morgan fingerprint density at radius 3 is 2.63 bits per heavy atom. The van der Waals surface area contributed by atoms with E-state index in [0.29, 0.717) is 53.6 Å². The van der Waals surface area contributed by atoms with Crippen LogP contribution in [0.15, 0.2) is 61.9 Å². The molecule has 4 rings (SSSR count). The van der Waals surface area contributed by atoms with E-state index in [-0.39, 0.29) is 17.9 Å². The zero-order valence-corrected chi connectivity index (χ0v) is 22.3. The van der Waals surface area contributed by atoms with Crippen molar-refractivity contribution in [1.82, 2.24) is 4.57 Å². The van der Waals surface area contributed by atoms with E-state index in [2.05, 4.69) is 20.9 Å². The fraction of sp³-hybridized carbons (Fsp3) is 0.240. The molecule has 1 aliphatic rings. The molecule has 0 amide bonds. The van der Waals surface area contributed by atoms with E-state index >= 15 is 0 Å². The molecule has 1 aromatic heterocycles. The van der Waals surface area contributed by atoms with E-state index in [1.165, 1.54) is 15.9 Å². The number of phenols is 1. The van der Waals surface area contributed by atoms with E-state index in [1.807, 2.05) is 19.1 Å². The summed E-state index contributed by atoms with van der Waals surface area (Å²) >= 11 is 10.6. The van der Waals surface area contributed by atoms with Gasteiger partial charge >= 0.3 is 5.97 Å². The summed E-state index contributed by atoms with van der Waals surface area (Å²) in [5.41, 5.74) is 1.52. The van der Waals surface area contributed by atoms with Crippen LogP contribution in [0.2, 0.25) is 5.02 Å². The number of benzene rings is 2. The van der Waals surface area contributed by atoms with Gasteiger partial charge in [0, 0.05) is 10.6 Å². The predicted octanol–water partition coefficient (Wildman–Crippen LogP) is 4.32. The van der Waals surface area contributed by atoms with Crippen LogP contribution >= 0.6 is 38.9 Å². The Balaban J connectivity index is 1.94. The number of hydrogen-bond acceptors (Lipinski definition) is 7. The SMILES string of the molecule is CCOC(=O)C1=C(C)N=c2s/c(=C\c3cc(Cl)cc(Br)c3O)c(=O)n2[C@H]1c1ccc(OCC)cc1. The van der Waals surface area contributed by atoms with E-state index < -0.39 is 12.0 Å². The molecule has 2 aromatic carbocycles. The smallest absolute Gasteiger partial charge is 0.338 e. The molecule has 0 saturated carbocycles. The molecule has 0 radical (unpaired) electrons. The molecule has 182 valence electrons. The maximum atomic E-state index is 13.6. The summed E-state index contributed by atoms with van der Waals surface area (Å²) in [5, 5.41) is 10.9. The van der Waals surface area contributed by atoms with E-state index in [1.54, 1.807) is 44.2 Å². The molecule has 0 spiro atoms. The monoisotopic (exact) mass is 576 g/mol. The lowest BCUT2D eigenvalue weighted by Crippen LogP contribution is -2.39. The second-order valence-corrected chi connectivity index (χ2v) is 9.93. The van der Waals surface area contributed by atoms with Crippen molar-refractivity contribution in [3.8, 4) is 11.5 Å². The number of aromatic hydroxyl groups is 1. The highest BCUT2D eigenvalue weighted by Gasteiger charge is 2.33. The van der Waals surface area contributed by atoms with Gasteiger partial charge in [0.05, 0.1) is 39.5 Å². The van der Waals surface area contributed by atoms with Gasteiger partial charge in [-0.1, -0.05) is 35.1 Å². The molecule has 1 aliphatic heterocycles. The molecular formula is C25H22BrClN2O5S. The lowest BCUT2D eigenvalue weighted by Gasteiger charge is -2.24. The van der Waals surface area contributed by atoms with Gasteiger partial charge < -0.3 is 14.6 Å². The number of ether oxygens (including phenoxy) is 2. The third-order valence-electron chi connectivity index (χ3n) is 5.37. The number of esters is 1. The number of hydrogen-bond donors (Lipinski definition) is 1. The van der Waals surface area contributed by atoms with Gasteiger partial charge in [0.15, 0.2) is 4.80 Å². The minimum absolute atomic E-state index is 0.0355. The Morgan fingerprint density at radius 1 is 1.26 bits per heavy atom. The molecule has 0 aliphatic carbocycles. The largest absolute Gasteiger partial charge is 0.506 e. The zero-order chi connectivity index (χ0) is 25.3. The van der Waals surface area contributed by atoms with Gasteiger partial charge in [-0.15, -0.1) is 0 Å². The summed E-state index contributed by atoms with van der Waals surface area (Å²) in [4.78, 5) is 31.6. The molecule has 10 heteroatoms. The van der Waals surface area contributed by atoms with Crippen LogP contribution in [-0.4, -0.2) is 28.9 Å². The Hall–Kier alpha value is -2.88. The molecular weight excluding hydrogens is 556 g/mol. The van der Waals surface area contributed by atoms with Crippen molar-refractivity contribution in [2.24, 2.45) is 4.99 Å². The molecule has 3 aromatic rings. The van der Waals surface area contributed by atoms with Crippen molar-refractivity contribution in [2.75, 3.05) is 13.2 Å². The fourth-order valence-electron chi connectivity index (χ4n) is 3.86. The average molecular weight is 578 g/mol. The number of aromatic nitrogens is 1. The van der Waals surface area contributed by atoms with Crippen molar-refractivity contribution in [3.05, 3.63) is 88.0 Å². The Bertz CT molecular complexity index is 1510. The quantitative estimate of drug-likeness (QED) is 0.441. The van der Waals surface area contributed by atoms with Crippen molar-refractivity contribution < 1.29 is 19.4 Å². The second kappa shape index (κ2) is 10.4. The minimum atomic E-state index is -0.733. The summed E-state index contributed by atoms with van der Waals surface area (Å²) in [5.74, 6) is 0.120. The molecule has 1 N–H and O–H groups in total. The number of carbonyl (C=O) groups excluding carboxylic acids is 1. The van der Waals surface area contributed by atoms with Gasteiger partial charge in [0.2, 0.25) is 0 Å². The lowest BCUT2D eigenvalue weighted by molar-refractivity contribution is -0.139. The molecule has 7 nitrogen and oxygen atoms in total. The number of fused-ring (bicyclic) bond motifs is 1. The third-order valence-corrected chi connectivity index (χ3v) is 7.17.